The van der Waals surface area contributed by atoms with Gasteiger partial charge in [-0.3, -0.25) is 9.59 Å². The van der Waals surface area contributed by atoms with Gasteiger partial charge in [0.2, 0.25) is 0 Å². The highest BCUT2D eigenvalue weighted by molar-refractivity contribution is 5.96. The van der Waals surface area contributed by atoms with E-state index in [0.717, 1.165) is 38.5 Å². The molecule has 2 saturated carbocycles. The minimum atomic E-state index is -0.363. The summed E-state index contributed by atoms with van der Waals surface area (Å²) in [5.41, 5.74) is 0. The van der Waals surface area contributed by atoms with Crippen LogP contribution in [0.5, 0.6) is 0 Å². The number of carbonyl (C=O) groups is 2. The number of hydrogen-bond donors (Lipinski definition) is 0. The Labute approximate surface area is 124 Å². The number of Topliss-reactive ketones (excluding diaryl/α,β-unsaturated/α-hetero) is 1. The first-order chi connectivity index (χ1) is 10.2. The molecule has 2 aliphatic carbocycles. The van der Waals surface area contributed by atoms with Gasteiger partial charge in [0, 0.05) is 5.92 Å². The summed E-state index contributed by atoms with van der Waals surface area (Å²) in [6.07, 6.45) is 7.21. The van der Waals surface area contributed by atoms with Crippen molar-refractivity contribution in [2.24, 2.45) is 11.8 Å². The van der Waals surface area contributed by atoms with Gasteiger partial charge in [0.05, 0.1) is 31.0 Å². The Bertz CT molecular complexity index is 448. The van der Waals surface area contributed by atoms with Gasteiger partial charge >= 0.3 is 5.97 Å². The maximum absolute atomic E-state index is 12.1. The zero-order valence-electron chi connectivity index (χ0n) is 12.2. The Morgan fingerprint density at radius 1 is 0.905 bits per heavy atom. The Morgan fingerprint density at radius 2 is 1.62 bits per heavy atom. The highest BCUT2D eigenvalue weighted by atomic mass is 16.6. The molecule has 21 heavy (non-hydrogen) atoms. The summed E-state index contributed by atoms with van der Waals surface area (Å²) in [5.74, 6) is 0.0700. The van der Waals surface area contributed by atoms with Crippen LogP contribution in [0.4, 0.5) is 0 Å². The monoisotopic (exact) mass is 294 g/mol. The maximum atomic E-state index is 12.1. The van der Waals surface area contributed by atoms with Crippen molar-refractivity contribution in [1.29, 1.82) is 0 Å². The normalized spacial score (nSPS) is 43.4. The Hall–Kier alpha value is -0.940. The van der Waals surface area contributed by atoms with Crippen LogP contribution in [-0.2, 0) is 23.8 Å². The van der Waals surface area contributed by atoms with E-state index in [1.165, 1.54) is 0 Å². The first-order valence-corrected chi connectivity index (χ1v) is 8.18. The third-order valence-corrected chi connectivity index (χ3v) is 5.37. The average Bonchev–Trinajstić information content (AvgIpc) is 3.36. The number of rotatable bonds is 5. The molecular weight excluding hydrogens is 272 g/mol. The number of ether oxygens (including phenoxy) is 3. The maximum Gasteiger partial charge on any atom is 0.313 e. The van der Waals surface area contributed by atoms with Gasteiger partial charge in [0.15, 0.2) is 0 Å². The van der Waals surface area contributed by atoms with Crippen LogP contribution in [0.1, 0.15) is 44.9 Å². The van der Waals surface area contributed by atoms with Gasteiger partial charge in [0.25, 0.3) is 0 Å². The molecule has 0 amide bonds. The number of ketones is 1. The van der Waals surface area contributed by atoms with Gasteiger partial charge in [-0.2, -0.15) is 0 Å². The lowest BCUT2D eigenvalue weighted by molar-refractivity contribution is -0.148. The van der Waals surface area contributed by atoms with Gasteiger partial charge in [-0.1, -0.05) is 0 Å². The Balaban J connectivity index is 1.17. The van der Waals surface area contributed by atoms with Crippen LogP contribution in [0.25, 0.3) is 0 Å². The summed E-state index contributed by atoms with van der Waals surface area (Å²) in [6.45, 7) is 0.442. The fraction of sp³-hybridized carbons (Fsp3) is 0.875. The van der Waals surface area contributed by atoms with Gasteiger partial charge in [-0.15, -0.1) is 0 Å². The van der Waals surface area contributed by atoms with Gasteiger partial charge in [0.1, 0.15) is 12.2 Å². The van der Waals surface area contributed by atoms with E-state index in [-0.39, 0.29) is 30.2 Å². The molecule has 0 aromatic heterocycles. The predicted octanol–water partition coefficient (Wildman–Crippen LogP) is 1.62. The van der Waals surface area contributed by atoms with Crippen LogP contribution in [-0.4, -0.2) is 42.8 Å². The standard InChI is InChI=1S/C16H22O5/c17-11(10-2-4-13-15(6-10)21-13)7-16(18)19-8-9-1-3-12-14(5-9)20-12/h9-10,12-15H,1-8H2. The second kappa shape index (κ2) is 5.36. The van der Waals surface area contributed by atoms with Crippen LogP contribution in [0.2, 0.25) is 0 Å². The van der Waals surface area contributed by atoms with Crippen molar-refractivity contribution < 1.29 is 23.8 Å². The molecule has 4 fully saturated rings. The van der Waals surface area contributed by atoms with E-state index in [1.807, 2.05) is 0 Å². The highest BCUT2D eigenvalue weighted by Gasteiger charge is 2.46. The third-order valence-electron chi connectivity index (χ3n) is 5.37. The summed E-state index contributed by atoms with van der Waals surface area (Å²) in [7, 11) is 0. The van der Waals surface area contributed by atoms with Gasteiger partial charge in [-0.25, -0.2) is 0 Å². The summed E-state index contributed by atoms with van der Waals surface area (Å²) >= 11 is 0. The number of carbonyl (C=O) groups excluding carboxylic acids is 2. The molecule has 5 heteroatoms. The molecule has 2 heterocycles. The van der Waals surface area contributed by atoms with Crippen molar-refractivity contribution in [1.82, 2.24) is 0 Å². The summed E-state index contributed by atoms with van der Waals surface area (Å²) in [4.78, 5) is 23.9. The highest BCUT2D eigenvalue weighted by Crippen LogP contribution is 2.40. The van der Waals surface area contributed by atoms with Crippen LogP contribution in [0.15, 0.2) is 0 Å². The fourth-order valence-electron chi connectivity index (χ4n) is 3.88. The van der Waals surface area contributed by atoms with E-state index < -0.39 is 0 Å². The zero-order valence-corrected chi connectivity index (χ0v) is 12.2. The van der Waals surface area contributed by atoms with E-state index >= 15 is 0 Å². The molecule has 0 radical (unpaired) electrons. The molecule has 6 unspecified atom stereocenters. The molecule has 2 saturated heterocycles. The molecule has 116 valence electrons. The lowest BCUT2D eigenvalue weighted by Crippen LogP contribution is -2.26. The van der Waals surface area contributed by atoms with Gasteiger partial charge < -0.3 is 14.2 Å². The Kier molecular flexibility index (Phi) is 3.50. The lowest BCUT2D eigenvalue weighted by Gasteiger charge is -2.19. The molecule has 0 spiro atoms. The van der Waals surface area contributed by atoms with Crippen molar-refractivity contribution >= 4 is 11.8 Å². The second-order valence-corrected chi connectivity index (χ2v) is 6.94. The minimum absolute atomic E-state index is 0.00315. The van der Waals surface area contributed by atoms with Crippen molar-refractivity contribution in [2.75, 3.05) is 6.61 Å². The Morgan fingerprint density at radius 3 is 2.33 bits per heavy atom. The van der Waals surface area contributed by atoms with Crippen LogP contribution >= 0.6 is 0 Å². The zero-order chi connectivity index (χ0) is 14.4. The van der Waals surface area contributed by atoms with Crippen LogP contribution in [0, 0.1) is 11.8 Å². The lowest BCUT2D eigenvalue weighted by atomic mass is 9.85. The van der Waals surface area contributed by atoms with Gasteiger partial charge in [-0.05, 0) is 44.4 Å². The smallest absolute Gasteiger partial charge is 0.313 e. The molecule has 4 aliphatic rings. The SMILES string of the molecule is O=C(CC(=O)C1CCC2OC2C1)OCC1CCC2OC2C1. The van der Waals surface area contributed by atoms with E-state index in [0.29, 0.717) is 30.8 Å². The summed E-state index contributed by atoms with van der Waals surface area (Å²) in [6, 6.07) is 0. The molecule has 0 aromatic carbocycles. The molecule has 2 aliphatic heterocycles. The third kappa shape index (κ3) is 3.14. The van der Waals surface area contributed by atoms with Crippen molar-refractivity contribution in [3.05, 3.63) is 0 Å². The fourth-order valence-corrected chi connectivity index (χ4v) is 3.88. The van der Waals surface area contributed by atoms with Crippen molar-refractivity contribution in [3.8, 4) is 0 Å². The molecule has 5 nitrogen and oxygen atoms in total. The number of hydrogen-bond acceptors (Lipinski definition) is 5. The van der Waals surface area contributed by atoms with Crippen LogP contribution in [0.3, 0.4) is 0 Å². The molecule has 0 aromatic rings. The quantitative estimate of drug-likeness (QED) is 0.438. The topological polar surface area (TPSA) is 68.4 Å². The van der Waals surface area contributed by atoms with E-state index in [1.54, 1.807) is 0 Å². The number of esters is 1. The van der Waals surface area contributed by atoms with E-state index in [2.05, 4.69) is 0 Å². The van der Waals surface area contributed by atoms with Crippen molar-refractivity contribution in [2.45, 2.75) is 69.4 Å². The van der Waals surface area contributed by atoms with E-state index in [4.69, 9.17) is 14.2 Å². The number of epoxide rings is 2. The summed E-state index contributed by atoms with van der Waals surface area (Å²) in [5, 5.41) is 0. The molecule has 0 N–H and O–H groups in total. The molecule has 0 bridgehead atoms. The average molecular weight is 294 g/mol. The number of fused-ring (bicyclic) bond motifs is 2. The summed E-state index contributed by atoms with van der Waals surface area (Å²) < 4.78 is 16.2. The largest absolute Gasteiger partial charge is 0.465 e. The van der Waals surface area contributed by atoms with Crippen molar-refractivity contribution in [3.63, 3.8) is 0 Å². The van der Waals surface area contributed by atoms with E-state index in [9.17, 15) is 9.59 Å². The first kappa shape index (κ1) is 13.7. The minimum Gasteiger partial charge on any atom is -0.465 e. The molecular formula is C16H22O5. The van der Waals surface area contributed by atoms with Crippen LogP contribution < -0.4 is 0 Å². The molecule has 4 rings (SSSR count). The second-order valence-electron chi connectivity index (χ2n) is 6.94. The molecule has 6 atom stereocenters. The first-order valence-electron chi connectivity index (χ1n) is 8.18. The predicted molar refractivity (Wildman–Crippen MR) is 72.6 cm³/mol.